The Morgan fingerprint density at radius 3 is 2.30 bits per heavy atom. The summed E-state index contributed by atoms with van der Waals surface area (Å²) in [5.41, 5.74) is 8.51. The largest absolute Gasteiger partial charge is 0.478 e. The fourth-order valence-electron chi connectivity index (χ4n) is 4.27. The minimum atomic E-state index is -1.18. The molecular weight excluding hydrogens is 424 g/mol. The fraction of sp³-hybridized carbons (Fsp3) is 0.292. The van der Waals surface area contributed by atoms with Gasteiger partial charge < -0.3 is 25.8 Å². The average Bonchev–Trinajstić information content (AvgIpc) is 3.13. The molecule has 33 heavy (non-hydrogen) atoms. The number of amides is 2. The van der Waals surface area contributed by atoms with Crippen molar-refractivity contribution in [1.29, 1.82) is 0 Å². The minimum Gasteiger partial charge on any atom is -0.478 e. The number of carboxylic acid groups (broad SMARTS) is 2. The van der Waals surface area contributed by atoms with Gasteiger partial charge >= 0.3 is 12.1 Å². The molecule has 0 saturated heterocycles. The lowest BCUT2D eigenvalue weighted by Crippen LogP contribution is -2.41. The quantitative estimate of drug-likeness (QED) is 0.388. The highest BCUT2D eigenvalue weighted by Crippen LogP contribution is 2.26. The molecular formula is C24H26N4O5. The molecule has 0 unspecified atom stereocenters. The number of nitrogens with two attached hydrogens (primary N) is 1. The van der Waals surface area contributed by atoms with Crippen LogP contribution in [-0.2, 0) is 6.54 Å². The number of nitrogens with zero attached hydrogens (tertiary/aromatic N) is 1. The number of benzene rings is 2. The zero-order chi connectivity index (χ0) is 23.5. The molecule has 0 atom stereocenters. The maximum absolute atomic E-state index is 13.2. The summed E-state index contributed by atoms with van der Waals surface area (Å²) in [7, 11) is 0. The first-order chi connectivity index (χ1) is 15.8. The van der Waals surface area contributed by atoms with E-state index < -0.39 is 12.1 Å². The van der Waals surface area contributed by atoms with E-state index in [1.54, 1.807) is 36.4 Å². The standard InChI is InChI=1S/C24H26N4O5/c25-17-6-9-18(10-7-17)26-22(29)21-11-16-5-8-19(27-24(32)33)12-20(16)28(21)13-14-1-3-15(4-2-14)23(30)31/h1-5,8,11-12,17-18,27H,6-7,9-10,13,25H2,(H,26,29)(H,30,31)(H,32,33)/t17-,18-. The Hall–Kier alpha value is -3.85. The first-order valence-electron chi connectivity index (χ1n) is 10.8. The lowest BCUT2D eigenvalue weighted by Gasteiger charge is -2.27. The molecule has 2 amide bonds. The Morgan fingerprint density at radius 1 is 0.970 bits per heavy atom. The number of carbonyl (C=O) groups is 3. The van der Waals surface area contributed by atoms with Gasteiger partial charge in [-0.05, 0) is 61.6 Å². The summed E-state index contributed by atoms with van der Waals surface area (Å²) in [5, 5.41) is 24.5. The third kappa shape index (κ3) is 5.15. The highest BCUT2D eigenvalue weighted by Gasteiger charge is 2.23. The molecule has 9 nitrogen and oxygen atoms in total. The highest BCUT2D eigenvalue weighted by atomic mass is 16.4. The number of carboxylic acids is 1. The first kappa shape index (κ1) is 22.3. The molecule has 1 aromatic heterocycles. The van der Waals surface area contributed by atoms with Crippen LogP contribution >= 0.6 is 0 Å². The Bertz CT molecular complexity index is 1190. The van der Waals surface area contributed by atoms with Gasteiger partial charge in [0, 0.05) is 29.7 Å². The van der Waals surface area contributed by atoms with Crippen LogP contribution in [-0.4, -0.2) is 44.8 Å². The van der Waals surface area contributed by atoms with Gasteiger partial charge in [-0.3, -0.25) is 10.1 Å². The van der Waals surface area contributed by atoms with E-state index in [4.69, 9.17) is 15.9 Å². The van der Waals surface area contributed by atoms with Crippen LogP contribution in [0.25, 0.3) is 10.9 Å². The van der Waals surface area contributed by atoms with E-state index >= 15 is 0 Å². The number of aromatic nitrogens is 1. The van der Waals surface area contributed by atoms with Crippen LogP contribution in [0, 0.1) is 0 Å². The number of hydrogen-bond acceptors (Lipinski definition) is 4. The molecule has 9 heteroatoms. The summed E-state index contributed by atoms with van der Waals surface area (Å²) in [6.07, 6.45) is 2.22. The third-order valence-electron chi connectivity index (χ3n) is 6.04. The van der Waals surface area contributed by atoms with E-state index in [1.807, 2.05) is 4.57 Å². The minimum absolute atomic E-state index is 0.0582. The number of nitrogens with one attached hydrogen (secondary N) is 2. The van der Waals surface area contributed by atoms with Crippen LogP contribution in [0.2, 0.25) is 0 Å². The van der Waals surface area contributed by atoms with Crippen LogP contribution in [0.15, 0.2) is 48.5 Å². The van der Waals surface area contributed by atoms with Gasteiger partial charge in [0.05, 0.1) is 11.1 Å². The monoisotopic (exact) mass is 450 g/mol. The summed E-state index contributed by atoms with van der Waals surface area (Å²) in [5.74, 6) is -1.22. The maximum atomic E-state index is 13.2. The molecule has 0 spiro atoms. The van der Waals surface area contributed by atoms with Gasteiger partial charge in [0.2, 0.25) is 0 Å². The molecule has 0 aliphatic heterocycles. The SMILES string of the molecule is N[C@H]1CC[C@H](NC(=O)c2cc3ccc(NC(=O)O)cc3n2Cc2ccc(C(=O)O)cc2)CC1. The van der Waals surface area contributed by atoms with Crippen molar-refractivity contribution in [3.8, 4) is 0 Å². The van der Waals surface area contributed by atoms with E-state index in [1.165, 1.54) is 12.1 Å². The van der Waals surface area contributed by atoms with Gasteiger partial charge in [-0.15, -0.1) is 0 Å². The summed E-state index contributed by atoms with van der Waals surface area (Å²) >= 11 is 0. The predicted molar refractivity (Wildman–Crippen MR) is 124 cm³/mol. The molecule has 1 aliphatic carbocycles. The summed E-state index contributed by atoms with van der Waals surface area (Å²) in [4.78, 5) is 35.5. The number of carbonyl (C=O) groups excluding carboxylic acids is 1. The van der Waals surface area contributed by atoms with Gasteiger partial charge in [0.15, 0.2) is 0 Å². The van der Waals surface area contributed by atoms with Crippen molar-refractivity contribution in [3.63, 3.8) is 0 Å². The van der Waals surface area contributed by atoms with E-state index in [0.717, 1.165) is 36.6 Å². The van der Waals surface area contributed by atoms with Gasteiger partial charge in [0.25, 0.3) is 5.91 Å². The van der Waals surface area contributed by atoms with Crippen molar-refractivity contribution in [2.24, 2.45) is 5.73 Å². The summed E-state index contributed by atoms with van der Waals surface area (Å²) < 4.78 is 1.82. The number of anilines is 1. The first-order valence-corrected chi connectivity index (χ1v) is 10.8. The average molecular weight is 450 g/mol. The Balaban J connectivity index is 1.68. The molecule has 1 fully saturated rings. The van der Waals surface area contributed by atoms with Crippen molar-refractivity contribution in [3.05, 3.63) is 65.4 Å². The zero-order valence-electron chi connectivity index (χ0n) is 18.0. The van der Waals surface area contributed by atoms with Gasteiger partial charge in [-0.1, -0.05) is 18.2 Å². The zero-order valence-corrected chi connectivity index (χ0v) is 18.0. The normalized spacial score (nSPS) is 18.1. The van der Waals surface area contributed by atoms with E-state index in [0.29, 0.717) is 23.4 Å². The molecule has 1 saturated carbocycles. The second kappa shape index (κ2) is 9.33. The predicted octanol–water partition coefficient (Wildman–Crippen LogP) is 3.48. The second-order valence-electron chi connectivity index (χ2n) is 8.41. The van der Waals surface area contributed by atoms with E-state index in [-0.39, 0.29) is 23.6 Å². The maximum Gasteiger partial charge on any atom is 0.409 e. The van der Waals surface area contributed by atoms with Crippen molar-refractivity contribution in [2.45, 2.75) is 44.3 Å². The molecule has 1 heterocycles. The molecule has 6 N–H and O–H groups in total. The van der Waals surface area contributed by atoms with Crippen molar-refractivity contribution < 1.29 is 24.6 Å². The van der Waals surface area contributed by atoms with Gasteiger partial charge in [-0.25, -0.2) is 9.59 Å². The molecule has 2 aromatic carbocycles. The van der Waals surface area contributed by atoms with Crippen LogP contribution in [0.5, 0.6) is 0 Å². The lowest BCUT2D eigenvalue weighted by atomic mass is 9.92. The van der Waals surface area contributed by atoms with Crippen LogP contribution < -0.4 is 16.4 Å². The summed E-state index contributed by atoms with van der Waals surface area (Å²) in [6, 6.07) is 13.6. The molecule has 0 radical (unpaired) electrons. The van der Waals surface area contributed by atoms with Crippen molar-refractivity contribution in [1.82, 2.24) is 9.88 Å². The molecule has 0 bridgehead atoms. The van der Waals surface area contributed by atoms with E-state index in [2.05, 4.69) is 10.6 Å². The number of fused-ring (bicyclic) bond motifs is 1. The molecule has 172 valence electrons. The number of hydrogen-bond donors (Lipinski definition) is 5. The number of rotatable bonds is 6. The van der Waals surface area contributed by atoms with Crippen LogP contribution in [0.3, 0.4) is 0 Å². The smallest absolute Gasteiger partial charge is 0.409 e. The third-order valence-corrected chi connectivity index (χ3v) is 6.04. The van der Waals surface area contributed by atoms with Crippen molar-refractivity contribution >= 4 is 34.6 Å². The second-order valence-corrected chi connectivity index (χ2v) is 8.41. The Labute approximate surface area is 190 Å². The Kier molecular flexibility index (Phi) is 6.32. The fourth-order valence-corrected chi connectivity index (χ4v) is 4.27. The van der Waals surface area contributed by atoms with Crippen LogP contribution in [0.1, 0.15) is 52.1 Å². The molecule has 4 rings (SSSR count). The Morgan fingerprint density at radius 2 is 1.67 bits per heavy atom. The van der Waals surface area contributed by atoms with E-state index in [9.17, 15) is 14.4 Å². The lowest BCUT2D eigenvalue weighted by molar-refractivity contribution is 0.0696. The highest BCUT2D eigenvalue weighted by molar-refractivity contribution is 6.00. The van der Waals surface area contributed by atoms with Crippen molar-refractivity contribution in [2.75, 3.05) is 5.32 Å². The number of aromatic carboxylic acids is 1. The molecule has 3 aromatic rings. The van der Waals surface area contributed by atoms with Gasteiger partial charge in [-0.2, -0.15) is 0 Å². The molecule has 1 aliphatic rings. The van der Waals surface area contributed by atoms with Gasteiger partial charge in [0.1, 0.15) is 5.69 Å². The van der Waals surface area contributed by atoms with Crippen LogP contribution in [0.4, 0.5) is 10.5 Å². The topological polar surface area (TPSA) is 147 Å². The summed E-state index contributed by atoms with van der Waals surface area (Å²) in [6.45, 7) is 0.318.